The fourth-order valence-corrected chi connectivity index (χ4v) is 1.85. The van der Waals surface area contributed by atoms with Crippen LogP contribution in [0.1, 0.15) is 13.8 Å². The van der Waals surface area contributed by atoms with Gasteiger partial charge in [0.1, 0.15) is 22.5 Å². The molecule has 0 aliphatic carbocycles. The summed E-state index contributed by atoms with van der Waals surface area (Å²) in [5.41, 5.74) is 1.16. The van der Waals surface area contributed by atoms with Crippen LogP contribution < -0.4 is 18.9 Å². The highest BCUT2D eigenvalue weighted by Gasteiger charge is 2.17. The van der Waals surface area contributed by atoms with Crippen molar-refractivity contribution in [2.24, 2.45) is 0 Å². The van der Waals surface area contributed by atoms with E-state index in [2.05, 4.69) is 9.97 Å². The number of nitrogens with zero attached hydrogens (tertiary/aromatic N) is 2. The minimum atomic E-state index is 0.355. The molecule has 20 heavy (non-hydrogen) atoms. The van der Waals surface area contributed by atoms with Gasteiger partial charge in [0.2, 0.25) is 0 Å². The summed E-state index contributed by atoms with van der Waals surface area (Å²) >= 11 is 0. The van der Waals surface area contributed by atoms with Crippen molar-refractivity contribution in [2.45, 2.75) is 13.8 Å². The number of rotatable bonds is 6. The van der Waals surface area contributed by atoms with Gasteiger partial charge in [0, 0.05) is 0 Å². The van der Waals surface area contributed by atoms with E-state index in [0.29, 0.717) is 47.5 Å². The summed E-state index contributed by atoms with van der Waals surface area (Å²) in [6, 6.07) is 3.57. The second-order valence-corrected chi connectivity index (χ2v) is 3.87. The van der Waals surface area contributed by atoms with Gasteiger partial charge in [0.05, 0.1) is 27.4 Å². The van der Waals surface area contributed by atoms with Crippen LogP contribution in [-0.2, 0) is 0 Å². The Labute approximate surface area is 117 Å². The molecule has 108 valence electrons. The first-order valence-corrected chi connectivity index (χ1v) is 6.43. The zero-order chi connectivity index (χ0) is 14.5. The molecule has 0 spiro atoms. The topological polar surface area (TPSA) is 62.7 Å². The lowest BCUT2D eigenvalue weighted by Gasteiger charge is -2.13. The molecule has 1 aromatic carbocycles. The number of methoxy groups -OCH3 is 2. The highest BCUT2D eigenvalue weighted by Crippen LogP contribution is 2.35. The zero-order valence-electron chi connectivity index (χ0n) is 12.1. The van der Waals surface area contributed by atoms with Crippen molar-refractivity contribution in [1.82, 2.24) is 9.97 Å². The molecule has 0 amide bonds. The lowest BCUT2D eigenvalue weighted by atomic mass is 10.2. The molecular weight excluding hydrogens is 260 g/mol. The van der Waals surface area contributed by atoms with Gasteiger partial charge in [-0.25, -0.2) is 9.97 Å². The fourth-order valence-electron chi connectivity index (χ4n) is 1.85. The first kappa shape index (κ1) is 14.2. The van der Waals surface area contributed by atoms with Gasteiger partial charge < -0.3 is 18.9 Å². The lowest BCUT2D eigenvalue weighted by Crippen LogP contribution is -2.04. The van der Waals surface area contributed by atoms with Crippen molar-refractivity contribution in [3.63, 3.8) is 0 Å². The van der Waals surface area contributed by atoms with Crippen molar-refractivity contribution >= 4 is 11.0 Å². The summed E-state index contributed by atoms with van der Waals surface area (Å²) in [7, 11) is 3.17. The van der Waals surface area contributed by atoms with E-state index in [9.17, 15) is 0 Å². The highest BCUT2D eigenvalue weighted by molar-refractivity contribution is 5.87. The van der Waals surface area contributed by atoms with Gasteiger partial charge in [-0.3, -0.25) is 0 Å². The smallest absolute Gasteiger partial charge is 0.278 e. The maximum Gasteiger partial charge on any atom is 0.278 e. The van der Waals surface area contributed by atoms with E-state index < -0.39 is 0 Å². The van der Waals surface area contributed by atoms with Crippen LogP contribution in [0.4, 0.5) is 0 Å². The molecule has 0 aliphatic rings. The number of benzene rings is 1. The number of aromatic nitrogens is 2. The van der Waals surface area contributed by atoms with Crippen LogP contribution in [0.25, 0.3) is 11.0 Å². The minimum Gasteiger partial charge on any atom is -0.494 e. The molecule has 0 fully saturated rings. The molecule has 0 bridgehead atoms. The van der Waals surface area contributed by atoms with Gasteiger partial charge in [0.25, 0.3) is 11.8 Å². The first-order valence-electron chi connectivity index (χ1n) is 6.43. The van der Waals surface area contributed by atoms with Crippen LogP contribution in [0, 0.1) is 0 Å². The van der Waals surface area contributed by atoms with E-state index in [1.165, 1.54) is 0 Å². The molecule has 2 aromatic rings. The van der Waals surface area contributed by atoms with Crippen LogP contribution in [0.15, 0.2) is 12.1 Å². The van der Waals surface area contributed by atoms with Gasteiger partial charge in [-0.1, -0.05) is 0 Å². The van der Waals surface area contributed by atoms with Crippen LogP contribution in [0.3, 0.4) is 0 Å². The Morgan fingerprint density at radius 3 is 1.50 bits per heavy atom. The summed E-state index contributed by atoms with van der Waals surface area (Å²) < 4.78 is 21.6. The standard InChI is InChI=1S/C14H18N2O4/c1-5-19-13-14(20-6-2)16-12-10(18-4)8-7-9(17-3)11(12)15-13/h7-8H,5-6H2,1-4H3. The number of ether oxygens (including phenoxy) is 4. The van der Waals surface area contributed by atoms with Crippen LogP contribution in [-0.4, -0.2) is 37.4 Å². The van der Waals surface area contributed by atoms with E-state index >= 15 is 0 Å². The van der Waals surface area contributed by atoms with Gasteiger partial charge in [0.15, 0.2) is 0 Å². The molecule has 6 heteroatoms. The van der Waals surface area contributed by atoms with Crippen LogP contribution >= 0.6 is 0 Å². The summed E-state index contributed by atoms with van der Waals surface area (Å²) in [5.74, 6) is 1.93. The number of fused-ring (bicyclic) bond motifs is 1. The quantitative estimate of drug-likeness (QED) is 0.808. The zero-order valence-corrected chi connectivity index (χ0v) is 12.1. The summed E-state index contributed by atoms with van der Waals surface area (Å²) in [6.07, 6.45) is 0. The third-order valence-corrected chi connectivity index (χ3v) is 2.69. The molecule has 0 N–H and O–H groups in total. The summed E-state index contributed by atoms with van der Waals surface area (Å²) in [5, 5.41) is 0. The Kier molecular flexibility index (Phi) is 4.45. The van der Waals surface area contributed by atoms with Gasteiger partial charge in [-0.2, -0.15) is 0 Å². The predicted octanol–water partition coefficient (Wildman–Crippen LogP) is 2.44. The average Bonchev–Trinajstić information content (AvgIpc) is 2.47. The second kappa shape index (κ2) is 6.27. The molecule has 0 atom stereocenters. The van der Waals surface area contributed by atoms with E-state index in [-0.39, 0.29) is 0 Å². The Bertz CT molecular complexity index is 549. The Hall–Kier alpha value is -2.24. The van der Waals surface area contributed by atoms with Gasteiger partial charge in [-0.05, 0) is 26.0 Å². The van der Waals surface area contributed by atoms with Crippen molar-refractivity contribution in [3.05, 3.63) is 12.1 Å². The molecule has 0 saturated heterocycles. The third-order valence-electron chi connectivity index (χ3n) is 2.69. The average molecular weight is 278 g/mol. The monoisotopic (exact) mass is 278 g/mol. The Morgan fingerprint density at radius 2 is 1.20 bits per heavy atom. The summed E-state index contributed by atoms with van der Waals surface area (Å²) in [4.78, 5) is 8.90. The second-order valence-electron chi connectivity index (χ2n) is 3.87. The maximum absolute atomic E-state index is 5.48. The maximum atomic E-state index is 5.48. The Morgan fingerprint density at radius 1 is 0.800 bits per heavy atom. The van der Waals surface area contributed by atoms with E-state index in [1.54, 1.807) is 26.4 Å². The van der Waals surface area contributed by atoms with Crippen LogP contribution in [0.2, 0.25) is 0 Å². The molecule has 1 heterocycles. The van der Waals surface area contributed by atoms with E-state index in [1.807, 2.05) is 13.8 Å². The lowest BCUT2D eigenvalue weighted by molar-refractivity contribution is 0.270. The van der Waals surface area contributed by atoms with Crippen molar-refractivity contribution in [1.29, 1.82) is 0 Å². The molecule has 6 nitrogen and oxygen atoms in total. The van der Waals surface area contributed by atoms with Crippen LogP contribution in [0.5, 0.6) is 23.3 Å². The normalized spacial score (nSPS) is 10.4. The number of hydrogen-bond donors (Lipinski definition) is 0. The third kappa shape index (κ3) is 2.54. The van der Waals surface area contributed by atoms with Gasteiger partial charge in [-0.15, -0.1) is 0 Å². The van der Waals surface area contributed by atoms with E-state index in [0.717, 1.165) is 0 Å². The molecule has 0 aliphatic heterocycles. The fraction of sp³-hybridized carbons (Fsp3) is 0.429. The largest absolute Gasteiger partial charge is 0.494 e. The first-order chi connectivity index (χ1) is 9.74. The van der Waals surface area contributed by atoms with Crippen molar-refractivity contribution < 1.29 is 18.9 Å². The molecule has 0 unspecified atom stereocenters. The van der Waals surface area contributed by atoms with Crippen molar-refractivity contribution in [2.75, 3.05) is 27.4 Å². The SMILES string of the molecule is CCOc1nc2c(OC)ccc(OC)c2nc1OCC. The summed E-state index contributed by atoms with van der Waals surface area (Å²) in [6.45, 7) is 4.72. The molecule has 2 rings (SSSR count). The molecular formula is C14H18N2O4. The van der Waals surface area contributed by atoms with E-state index in [4.69, 9.17) is 18.9 Å². The minimum absolute atomic E-state index is 0.355. The van der Waals surface area contributed by atoms with Crippen molar-refractivity contribution in [3.8, 4) is 23.3 Å². The molecule has 1 aromatic heterocycles. The molecule has 0 radical (unpaired) electrons. The highest BCUT2D eigenvalue weighted by atomic mass is 16.5. The number of hydrogen-bond acceptors (Lipinski definition) is 6. The van der Waals surface area contributed by atoms with Gasteiger partial charge >= 0.3 is 0 Å². The molecule has 0 saturated carbocycles. The predicted molar refractivity (Wildman–Crippen MR) is 75.0 cm³/mol. The Balaban J connectivity index is 2.70.